The number of hydrogen-bond donors (Lipinski definition) is 1. The predicted molar refractivity (Wildman–Crippen MR) is 109 cm³/mol. The molecule has 1 aromatic heterocycles. The van der Waals surface area contributed by atoms with Crippen LogP contribution in [0.1, 0.15) is 39.0 Å². The Labute approximate surface area is 161 Å². The van der Waals surface area contributed by atoms with E-state index in [0.29, 0.717) is 6.42 Å². The topological polar surface area (TPSA) is 62.3 Å². The van der Waals surface area contributed by atoms with Crippen LogP contribution in [0.5, 0.6) is 0 Å². The number of rotatable bonds is 9. The highest BCUT2D eigenvalue weighted by Crippen LogP contribution is 2.25. The number of carbonyl (C=O) groups is 2. The Morgan fingerprint density at radius 3 is 2.96 bits per heavy atom. The number of ketones is 1. The number of thioether (sulfide) groups is 1. The number of nitrogens with zero attached hydrogens (tertiary/aromatic N) is 2. The molecule has 0 spiro atoms. The van der Waals surface area contributed by atoms with E-state index in [4.69, 9.17) is 0 Å². The molecule has 1 aliphatic rings. The summed E-state index contributed by atoms with van der Waals surface area (Å²) in [7, 11) is 0. The number of hydrogen-bond acceptors (Lipinski definition) is 6. The van der Waals surface area contributed by atoms with Crippen LogP contribution in [-0.4, -0.2) is 33.5 Å². The van der Waals surface area contributed by atoms with E-state index < -0.39 is 0 Å². The quantitative estimate of drug-likeness (QED) is 0.634. The average molecular weight is 390 g/mol. The van der Waals surface area contributed by atoms with Crippen molar-refractivity contribution in [2.45, 2.75) is 45.1 Å². The number of Topliss-reactive ketones (excluding diaryl/α,β-unsaturated/α-hetero) is 1. The van der Waals surface area contributed by atoms with Crippen LogP contribution in [0.25, 0.3) is 10.2 Å². The highest BCUT2D eigenvalue weighted by Gasteiger charge is 2.25. The van der Waals surface area contributed by atoms with Crippen molar-refractivity contribution in [2.24, 2.45) is 0 Å². The Balaban J connectivity index is 1.60. The fourth-order valence-electron chi connectivity index (χ4n) is 2.98. The molecular formula is C19H23N3O2S2. The molecule has 7 heteroatoms. The highest BCUT2D eigenvalue weighted by molar-refractivity contribution is 8.02. The molecule has 0 saturated heterocycles. The van der Waals surface area contributed by atoms with Crippen molar-refractivity contribution in [3.8, 4) is 0 Å². The molecule has 26 heavy (non-hydrogen) atoms. The summed E-state index contributed by atoms with van der Waals surface area (Å²) in [5.74, 6) is 1.06. The molecule has 2 heterocycles. The van der Waals surface area contributed by atoms with E-state index in [1.807, 2.05) is 35.3 Å². The maximum Gasteiger partial charge on any atom is 0.247 e. The van der Waals surface area contributed by atoms with Crippen molar-refractivity contribution in [1.29, 1.82) is 0 Å². The number of amides is 1. The smallest absolute Gasteiger partial charge is 0.247 e. The van der Waals surface area contributed by atoms with E-state index in [1.54, 1.807) is 30.0 Å². The van der Waals surface area contributed by atoms with Crippen LogP contribution in [-0.2, 0) is 9.59 Å². The largest absolute Gasteiger partial charge is 0.356 e. The zero-order chi connectivity index (χ0) is 18.4. The van der Waals surface area contributed by atoms with Crippen LogP contribution in [0.15, 0.2) is 35.3 Å². The normalized spacial score (nSPS) is 14.7. The third kappa shape index (κ3) is 5.08. The Hall–Kier alpha value is -1.86. The van der Waals surface area contributed by atoms with Gasteiger partial charge in [0.2, 0.25) is 5.91 Å². The zero-order valence-corrected chi connectivity index (χ0v) is 16.4. The first-order chi connectivity index (χ1) is 12.6. The summed E-state index contributed by atoms with van der Waals surface area (Å²) in [6, 6.07) is 5.63. The number of nitrogens with one attached hydrogen (secondary N) is 1. The maximum absolute atomic E-state index is 12.9. The van der Waals surface area contributed by atoms with E-state index in [9.17, 15) is 9.59 Å². The molecule has 3 rings (SSSR count). The van der Waals surface area contributed by atoms with Gasteiger partial charge in [-0.15, -0.1) is 23.1 Å². The van der Waals surface area contributed by atoms with Gasteiger partial charge >= 0.3 is 0 Å². The molecule has 2 aromatic rings. The second-order valence-electron chi connectivity index (χ2n) is 6.44. The third-order valence-corrected chi connectivity index (χ3v) is 5.93. The van der Waals surface area contributed by atoms with Crippen LogP contribution in [0.4, 0.5) is 5.69 Å². The Bertz CT molecular complexity index is 803. The lowest BCUT2D eigenvalue weighted by Crippen LogP contribution is -2.40. The van der Waals surface area contributed by atoms with E-state index in [1.165, 1.54) is 0 Å². The molecule has 0 fully saturated rings. The zero-order valence-electron chi connectivity index (χ0n) is 14.8. The second-order valence-corrected chi connectivity index (χ2v) is 8.19. The van der Waals surface area contributed by atoms with Crippen LogP contribution in [0.2, 0.25) is 0 Å². The molecule has 1 aromatic carbocycles. The summed E-state index contributed by atoms with van der Waals surface area (Å²) in [5, 5.41) is 5.09. The summed E-state index contributed by atoms with van der Waals surface area (Å²) >= 11 is 3.27. The summed E-state index contributed by atoms with van der Waals surface area (Å²) in [4.78, 5) is 30.3. The fraction of sp³-hybridized carbons (Fsp3) is 0.421. The van der Waals surface area contributed by atoms with E-state index in [-0.39, 0.29) is 17.7 Å². The van der Waals surface area contributed by atoms with Gasteiger partial charge in [0.25, 0.3) is 0 Å². The van der Waals surface area contributed by atoms with Crippen LogP contribution in [0.3, 0.4) is 0 Å². The number of anilines is 1. The SMILES string of the molecule is CC(=O)CCCCCC(C(=O)Nc1ccc2ncsc2c1)N1C=CSC1. The van der Waals surface area contributed by atoms with Crippen molar-refractivity contribution < 1.29 is 9.59 Å². The Morgan fingerprint density at radius 1 is 1.31 bits per heavy atom. The predicted octanol–water partition coefficient (Wildman–Crippen LogP) is 4.62. The van der Waals surface area contributed by atoms with Crippen molar-refractivity contribution >= 4 is 50.7 Å². The maximum atomic E-state index is 12.9. The first-order valence-electron chi connectivity index (χ1n) is 8.81. The minimum atomic E-state index is -0.185. The van der Waals surface area contributed by atoms with Gasteiger partial charge in [-0.3, -0.25) is 4.79 Å². The first kappa shape index (κ1) is 18.9. The number of aromatic nitrogens is 1. The fourth-order valence-corrected chi connectivity index (χ4v) is 4.46. The lowest BCUT2D eigenvalue weighted by molar-refractivity contribution is -0.120. The Morgan fingerprint density at radius 2 is 2.19 bits per heavy atom. The van der Waals surface area contributed by atoms with Gasteiger partial charge in [-0.1, -0.05) is 12.8 Å². The molecule has 1 N–H and O–H groups in total. The van der Waals surface area contributed by atoms with Crippen LogP contribution >= 0.6 is 23.1 Å². The molecule has 5 nitrogen and oxygen atoms in total. The van der Waals surface area contributed by atoms with Gasteiger partial charge in [-0.25, -0.2) is 4.98 Å². The number of fused-ring (bicyclic) bond motifs is 1. The van der Waals surface area contributed by atoms with Gasteiger partial charge in [0.05, 0.1) is 21.6 Å². The lowest BCUT2D eigenvalue weighted by atomic mass is 10.0. The molecule has 0 saturated carbocycles. The van der Waals surface area contributed by atoms with Crippen LogP contribution in [0, 0.1) is 0 Å². The summed E-state index contributed by atoms with van der Waals surface area (Å²) < 4.78 is 1.07. The molecule has 1 unspecified atom stereocenters. The third-order valence-electron chi connectivity index (χ3n) is 4.38. The molecular weight excluding hydrogens is 366 g/mol. The van der Waals surface area contributed by atoms with Gasteiger partial charge < -0.3 is 15.0 Å². The van der Waals surface area contributed by atoms with E-state index in [0.717, 1.165) is 47.5 Å². The molecule has 1 atom stereocenters. The van der Waals surface area contributed by atoms with Gasteiger partial charge in [0.15, 0.2) is 0 Å². The lowest BCUT2D eigenvalue weighted by Gasteiger charge is -2.26. The van der Waals surface area contributed by atoms with E-state index >= 15 is 0 Å². The van der Waals surface area contributed by atoms with E-state index in [2.05, 4.69) is 15.2 Å². The number of thiazole rings is 1. The minimum absolute atomic E-state index is 0.0209. The number of unbranched alkanes of at least 4 members (excludes halogenated alkanes) is 2. The molecule has 0 aliphatic carbocycles. The minimum Gasteiger partial charge on any atom is -0.356 e. The average Bonchev–Trinajstić information content (AvgIpc) is 3.28. The molecule has 0 radical (unpaired) electrons. The van der Waals surface area contributed by atoms with Gasteiger partial charge in [-0.05, 0) is 43.4 Å². The summed E-state index contributed by atoms with van der Waals surface area (Å²) in [5.41, 5.74) is 3.57. The van der Waals surface area contributed by atoms with Crippen molar-refractivity contribution in [3.05, 3.63) is 35.3 Å². The Kier molecular flexibility index (Phi) is 6.68. The monoisotopic (exact) mass is 389 g/mol. The van der Waals surface area contributed by atoms with Crippen molar-refractivity contribution in [2.75, 3.05) is 11.2 Å². The van der Waals surface area contributed by atoms with Crippen molar-refractivity contribution in [3.63, 3.8) is 0 Å². The summed E-state index contributed by atoms with van der Waals surface area (Å²) in [6.45, 7) is 1.63. The van der Waals surface area contributed by atoms with Gasteiger partial charge in [0.1, 0.15) is 11.8 Å². The van der Waals surface area contributed by atoms with Gasteiger partial charge in [-0.2, -0.15) is 0 Å². The molecule has 138 valence electrons. The van der Waals surface area contributed by atoms with Gasteiger partial charge in [0, 0.05) is 18.3 Å². The molecule has 1 amide bonds. The number of benzene rings is 1. The molecule has 0 bridgehead atoms. The van der Waals surface area contributed by atoms with Crippen molar-refractivity contribution in [1.82, 2.24) is 9.88 Å². The summed E-state index contributed by atoms with van der Waals surface area (Å²) in [6.07, 6.45) is 6.23. The van der Waals surface area contributed by atoms with Crippen LogP contribution < -0.4 is 5.32 Å². The first-order valence-corrected chi connectivity index (χ1v) is 10.7. The number of carbonyl (C=O) groups excluding carboxylic acids is 2. The molecule has 1 aliphatic heterocycles. The standard InChI is InChI=1S/C19H23N3O2S2/c1-14(23)5-3-2-4-6-17(22-9-10-25-13-22)19(24)21-15-7-8-16-18(11-15)26-12-20-16/h7-12,17H,2-6,13H2,1H3,(H,21,24). The second kappa shape index (κ2) is 9.19. The highest BCUT2D eigenvalue weighted by atomic mass is 32.2.